The van der Waals surface area contributed by atoms with Gasteiger partial charge in [-0.15, -0.1) is 11.3 Å². The molecule has 0 saturated carbocycles. The first-order valence-electron chi connectivity index (χ1n) is 10.6. The molecule has 1 fully saturated rings. The number of imide groups is 1. The van der Waals surface area contributed by atoms with Gasteiger partial charge in [-0.3, -0.25) is 9.59 Å². The number of amides is 4. The quantitative estimate of drug-likeness (QED) is 0.406. The summed E-state index contributed by atoms with van der Waals surface area (Å²) in [6, 6.07) is 15.7. The predicted octanol–water partition coefficient (Wildman–Crippen LogP) is 4.21. The second-order valence-electron chi connectivity index (χ2n) is 7.84. The third kappa shape index (κ3) is 4.84. The van der Waals surface area contributed by atoms with Crippen LogP contribution in [-0.2, 0) is 20.9 Å². The molecule has 1 saturated heterocycles. The molecule has 4 amide bonds. The number of aryl methyl sites for hydroxylation is 1. The minimum atomic E-state index is -0.959. The fourth-order valence-electron chi connectivity index (χ4n) is 3.75. The molecule has 0 spiro atoms. The van der Waals surface area contributed by atoms with Gasteiger partial charge >= 0.3 is 12.0 Å². The third-order valence-corrected chi connectivity index (χ3v) is 6.32. The van der Waals surface area contributed by atoms with Gasteiger partial charge in [-0.2, -0.15) is 0 Å². The van der Waals surface area contributed by atoms with E-state index in [9.17, 15) is 19.2 Å². The topological polar surface area (TPSA) is 96.0 Å². The van der Waals surface area contributed by atoms with E-state index in [0.717, 1.165) is 15.3 Å². The Balaban J connectivity index is 1.56. The molecule has 1 atom stereocenters. The van der Waals surface area contributed by atoms with Crippen molar-refractivity contribution >= 4 is 46.5 Å². The smallest absolute Gasteiger partial charge is 0.337 e. The van der Waals surface area contributed by atoms with Gasteiger partial charge in [0.25, 0.3) is 5.91 Å². The van der Waals surface area contributed by atoms with Gasteiger partial charge in [0, 0.05) is 10.6 Å². The largest absolute Gasteiger partial charge is 0.465 e. The first-order chi connectivity index (χ1) is 16.4. The summed E-state index contributed by atoms with van der Waals surface area (Å²) in [5.74, 6) is -1.43. The molecule has 0 aliphatic carbocycles. The minimum absolute atomic E-state index is 0.221. The van der Waals surface area contributed by atoms with Gasteiger partial charge in [-0.1, -0.05) is 29.8 Å². The first-order valence-corrected chi connectivity index (χ1v) is 11.5. The van der Waals surface area contributed by atoms with Gasteiger partial charge < -0.3 is 15.0 Å². The van der Waals surface area contributed by atoms with Crippen LogP contribution in [-0.4, -0.2) is 41.9 Å². The van der Waals surface area contributed by atoms with Gasteiger partial charge in [-0.05, 0) is 48.7 Å². The van der Waals surface area contributed by atoms with Crippen LogP contribution in [0, 0.1) is 6.92 Å². The molecule has 174 valence electrons. The third-order valence-electron chi connectivity index (χ3n) is 5.46. The van der Waals surface area contributed by atoms with E-state index < -0.39 is 29.9 Å². The van der Waals surface area contributed by atoms with E-state index in [2.05, 4.69) is 5.32 Å². The molecule has 8 nitrogen and oxygen atoms in total. The standard InChI is InChI=1S/C25H23N3O5S/c1-16-8-10-19(11-9-16)28-23(30)21(27(25(28)32)15-20-7-4-12-34-20)14-22(29)26-18-6-3-5-17(13-18)24(31)33-2/h3-13,21H,14-15H2,1-2H3,(H,26,29)/t21-/m1/s1. The van der Waals surface area contributed by atoms with Crippen LogP contribution in [0.1, 0.15) is 27.2 Å². The molecule has 3 aromatic rings. The lowest BCUT2D eigenvalue weighted by Crippen LogP contribution is -2.37. The fraction of sp³-hybridized carbons (Fsp3) is 0.200. The van der Waals surface area contributed by atoms with Crippen molar-refractivity contribution < 1.29 is 23.9 Å². The van der Waals surface area contributed by atoms with E-state index in [1.165, 1.54) is 29.4 Å². The van der Waals surface area contributed by atoms with Crippen molar-refractivity contribution in [3.05, 3.63) is 82.0 Å². The van der Waals surface area contributed by atoms with E-state index in [-0.39, 0.29) is 18.5 Å². The molecular formula is C25H23N3O5S. The molecule has 0 unspecified atom stereocenters. The number of carbonyl (C=O) groups is 4. The summed E-state index contributed by atoms with van der Waals surface area (Å²) in [6.45, 7) is 2.14. The van der Waals surface area contributed by atoms with Crippen LogP contribution < -0.4 is 10.2 Å². The number of esters is 1. The van der Waals surface area contributed by atoms with E-state index in [4.69, 9.17) is 4.74 Å². The van der Waals surface area contributed by atoms with Gasteiger partial charge in [0.2, 0.25) is 5.91 Å². The second-order valence-corrected chi connectivity index (χ2v) is 8.87. The van der Waals surface area contributed by atoms with Gasteiger partial charge in [-0.25, -0.2) is 14.5 Å². The molecule has 1 aliphatic rings. The van der Waals surface area contributed by atoms with Crippen molar-refractivity contribution in [1.29, 1.82) is 0 Å². The fourth-order valence-corrected chi connectivity index (χ4v) is 4.45. The van der Waals surface area contributed by atoms with Gasteiger partial charge in [0.1, 0.15) is 6.04 Å². The molecule has 1 aliphatic heterocycles. The highest BCUT2D eigenvalue weighted by molar-refractivity contribution is 7.09. The average Bonchev–Trinajstić information content (AvgIpc) is 3.42. The van der Waals surface area contributed by atoms with Crippen LogP contribution in [0.25, 0.3) is 0 Å². The Morgan fingerprint density at radius 2 is 1.82 bits per heavy atom. The maximum atomic E-state index is 13.3. The van der Waals surface area contributed by atoms with Crippen LogP contribution in [0.4, 0.5) is 16.2 Å². The molecule has 1 aromatic heterocycles. The Bertz CT molecular complexity index is 1220. The number of methoxy groups -OCH3 is 1. The van der Waals surface area contributed by atoms with E-state index in [1.54, 1.807) is 30.3 Å². The molecular weight excluding hydrogens is 454 g/mol. The summed E-state index contributed by atoms with van der Waals surface area (Å²) in [5.41, 5.74) is 2.15. The summed E-state index contributed by atoms with van der Waals surface area (Å²) < 4.78 is 4.71. The highest BCUT2D eigenvalue weighted by Gasteiger charge is 2.46. The number of rotatable bonds is 7. The lowest BCUT2D eigenvalue weighted by atomic mass is 10.1. The normalized spacial score (nSPS) is 15.5. The van der Waals surface area contributed by atoms with Crippen LogP contribution in [0.15, 0.2) is 66.0 Å². The zero-order valence-corrected chi connectivity index (χ0v) is 19.5. The number of carbonyl (C=O) groups excluding carboxylic acids is 4. The molecule has 2 aromatic carbocycles. The number of hydrogen-bond donors (Lipinski definition) is 1. The number of hydrogen-bond acceptors (Lipinski definition) is 6. The SMILES string of the molecule is COC(=O)c1cccc(NC(=O)C[C@@H]2C(=O)N(c3ccc(C)cc3)C(=O)N2Cc2cccs2)c1. The number of urea groups is 1. The highest BCUT2D eigenvalue weighted by Crippen LogP contribution is 2.29. The number of benzene rings is 2. The van der Waals surface area contributed by atoms with Crippen LogP contribution >= 0.6 is 11.3 Å². The first kappa shape index (κ1) is 23.2. The van der Waals surface area contributed by atoms with E-state index >= 15 is 0 Å². The minimum Gasteiger partial charge on any atom is -0.465 e. The Kier molecular flexibility index (Phi) is 6.74. The van der Waals surface area contributed by atoms with Gasteiger partial charge in [0.15, 0.2) is 0 Å². The summed E-state index contributed by atoms with van der Waals surface area (Å²) in [5, 5.41) is 4.61. The Morgan fingerprint density at radius 1 is 1.06 bits per heavy atom. The average molecular weight is 478 g/mol. The lowest BCUT2D eigenvalue weighted by Gasteiger charge is -2.21. The highest BCUT2D eigenvalue weighted by atomic mass is 32.1. The van der Waals surface area contributed by atoms with Crippen molar-refractivity contribution in [1.82, 2.24) is 4.90 Å². The predicted molar refractivity (Wildman–Crippen MR) is 129 cm³/mol. The maximum absolute atomic E-state index is 13.3. The Labute approximate surface area is 200 Å². The Morgan fingerprint density at radius 3 is 2.50 bits per heavy atom. The zero-order chi connectivity index (χ0) is 24.2. The molecule has 2 heterocycles. The molecule has 0 radical (unpaired) electrons. The van der Waals surface area contributed by atoms with Gasteiger partial charge in [0.05, 0.1) is 31.3 Å². The molecule has 34 heavy (non-hydrogen) atoms. The van der Waals surface area contributed by atoms with Crippen molar-refractivity contribution in [3.63, 3.8) is 0 Å². The molecule has 4 rings (SSSR count). The summed E-state index contributed by atoms with van der Waals surface area (Å²) in [6.07, 6.45) is -0.221. The number of nitrogens with zero attached hydrogens (tertiary/aromatic N) is 2. The van der Waals surface area contributed by atoms with Crippen molar-refractivity contribution in [2.24, 2.45) is 0 Å². The maximum Gasteiger partial charge on any atom is 0.337 e. The van der Waals surface area contributed by atoms with Crippen LogP contribution in [0.2, 0.25) is 0 Å². The van der Waals surface area contributed by atoms with Crippen molar-refractivity contribution in [2.75, 3.05) is 17.3 Å². The van der Waals surface area contributed by atoms with Crippen LogP contribution in [0.5, 0.6) is 0 Å². The molecule has 9 heteroatoms. The van der Waals surface area contributed by atoms with Crippen LogP contribution in [0.3, 0.4) is 0 Å². The molecule has 0 bridgehead atoms. The monoisotopic (exact) mass is 477 g/mol. The number of anilines is 2. The summed E-state index contributed by atoms with van der Waals surface area (Å²) in [4.78, 5) is 54.7. The van der Waals surface area contributed by atoms with E-state index in [0.29, 0.717) is 11.4 Å². The second kappa shape index (κ2) is 9.88. The van der Waals surface area contributed by atoms with Crippen molar-refractivity contribution in [2.45, 2.75) is 25.9 Å². The zero-order valence-electron chi connectivity index (χ0n) is 18.7. The number of nitrogens with one attached hydrogen (secondary N) is 1. The van der Waals surface area contributed by atoms with Crippen molar-refractivity contribution in [3.8, 4) is 0 Å². The number of thiophene rings is 1. The number of ether oxygens (including phenoxy) is 1. The Hall–Kier alpha value is -3.98. The summed E-state index contributed by atoms with van der Waals surface area (Å²) >= 11 is 1.47. The summed E-state index contributed by atoms with van der Waals surface area (Å²) in [7, 11) is 1.28. The van der Waals surface area contributed by atoms with E-state index in [1.807, 2.05) is 36.6 Å². The lowest BCUT2D eigenvalue weighted by molar-refractivity contribution is -0.124. The molecule has 1 N–H and O–H groups in total.